The monoisotopic (exact) mass is 234 g/mol. The molecule has 0 spiro atoms. The molecule has 0 bridgehead atoms. The van der Waals surface area contributed by atoms with Crippen molar-refractivity contribution < 1.29 is 15.0 Å². The summed E-state index contributed by atoms with van der Waals surface area (Å²) >= 11 is 0. The van der Waals surface area contributed by atoms with Crippen LogP contribution in [-0.4, -0.2) is 22.3 Å². The van der Waals surface area contributed by atoms with E-state index >= 15 is 0 Å². The van der Waals surface area contributed by atoms with Crippen molar-refractivity contribution in [1.29, 1.82) is 0 Å². The van der Waals surface area contributed by atoms with Gasteiger partial charge in [-0.3, -0.25) is 0 Å². The molecular formula is C14H18O3. The molecule has 17 heavy (non-hydrogen) atoms. The Morgan fingerprint density at radius 3 is 2.53 bits per heavy atom. The highest BCUT2D eigenvalue weighted by atomic mass is 16.4. The number of carboxylic acids is 1. The second-order valence-electron chi connectivity index (χ2n) is 3.97. The van der Waals surface area contributed by atoms with E-state index in [1.54, 1.807) is 30.3 Å². The number of aliphatic hydroxyl groups excluding tert-OH is 1. The second kappa shape index (κ2) is 6.86. The number of rotatable bonds is 6. The Labute approximate surface area is 101 Å². The molecule has 1 aromatic carbocycles. The van der Waals surface area contributed by atoms with Crippen LogP contribution < -0.4 is 0 Å². The normalized spacial score (nSPS) is 13.4. The van der Waals surface area contributed by atoms with Gasteiger partial charge in [-0.15, -0.1) is 0 Å². The fourth-order valence-corrected chi connectivity index (χ4v) is 1.65. The predicted octanol–water partition coefficient (Wildman–Crippen LogP) is 2.71. The van der Waals surface area contributed by atoms with Crippen molar-refractivity contribution in [1.82, 2.24) is 0 Å². The van der Waals surface area contributed by atoms with E-state index in [0.29, 0.717) is 18.4 Å². The molecule has 3 nitrogen and oxygen atoms in total. The number of hydrogen-bond donors (Lipinski definition) is 2. The summed E-state index contributed by atoms with van der Waals surface area (Å²) in [5, 5.41) is 18.7. The molecule has 0 fully saturated rings. The van der Waals surface area contributed by atoms with E-state index in [1.807, 2.05) is 13.0 Å². The van der Waals surface area contributed by atoms with Crippen molar-refractivity contribution in [3.8, 4) is 0 Å². The average Bonchev–Trinajstić information content (AvgIpc) is 2.30. The van der Waals surface area contributed by atoms with E-state index in [-0.39, 0.29) is 5.57 Å². The van der Waals surface area contributed by atoms with Crippen LogP contribution in [0.4, 0.5) is 0 Å². The molecule has 1 atom stereocenters. The molecule has 1 unspecified atom stereocenters. The molecule has 0 radical (unpaired) electrons. The van der Waals surface area contributed by atoms with Gasteiger partial charge in [0.15, 0.2) is 0 Å². The SMILES string of the molecule is CCCC(O)CC=C(C(=O)O)c1ccccc1. The van der Waals surface area contributed by atoms with Gasteiger partial charge in [0.05, 0.1) is 11.7 Å². The van der Waals surface area contributed by atoms with Crippen LogP contribution in [0, 0.1) is 0 Å². The van der Waals surface area contributed by atoms with Gasteiger partial charge in [0, 0.05) is 0 Å². The molecule has 92 valence electrons. The first-order valence-corrected chi connectivity index (χ1v) is 5.82. The smallest absolute Gasteiger partial charge is 0.335 e. The van der Waals surface area contributed by atoms with Crippen molar-refractivity contribution in [2.24, 2.45) is 0 Å². The van der Waals surface area contributed by atoms with Gasteiger partial charge in [-0.2, -0.15) is 0 Å². The predicted molar refractivity (Wildman–Crippen MR) is 67.6 cm³/mol. The third-order valence-corrected chi connectivity index (χ3v) is 2.53. The minimum absolute atomic E-state index is 0.251. The number of carboxylic acid groups (broad SMARTS) is 1. The molecule has 1 aromatic rings. The first-order chi connectivity index (χ1) is 8.15. The van der Waals surface area contributed by atoms with Crippen LogP contribution in [0.25, 0.3) is 5.57 Å². The average molecular weight is 234 g/mol. The maximum Gasteiger partial charge on any atom is 0.335 e. The van der Waals surface area contributed by atoms with Gasteiger partial charge in [-0.1, -0.05) is 49.8 Å². The third kappa shape index (κ3) is 4.41. The number of benzene rings is 1. The van der Waals surface area contributed by atoms with Crippen LogP contribution in [0.1, 0.15) is 31.7 Å². The molecule has 0 amide bonds. The van der Waals surface area contributed by atoms with Crippen LogP contribution in [0.15, 0.2) is 36.4 Å². The molecule has 0 aliphatic carbocycles. The van der Waals surface area contributed by atoms with Gasteiger partial charge in [0.2, 0.25) is 0 Å². The van der Waals surface area contributed by atoms with E-state index in [9.17, 15) is 9.90 Å². The summed E-state index contributed by atoms with van der Waals surface area (Å²) in [5.41, 5.74) is 0.921. The highest BCUT2D eigenvalue weighted by Gasteiger charge is 2.10. The Morgan fingerprint density at radius 2 is 2.00 bits per heavy atom. The van der Waals surface area contributed by atoms with Crippen molar-refractivity contribution in [2.45, 2.75) is 32.3 Å². The van der Waals surface area contributed by atoms with Gasteiger partial charge in [-0.25, -0.2) is 4.79 Å². The lowest BCUT2D eigenvalue weighted by molar-refractivity contribution is -0.130. The largest absolute Gasteiger partial charge is 0.478 e. The van der Waals surface area contributed by atoms with Gasteiger partial charge < -0.3 is 10.2 Å². The molecule has 0 saturated heterocycles. The quantitative estimate of drug-likeness (QED) is 0.744. The standard InChI is InChI=1S/C14H18O3/c1-2-6-12(15)9-10-13(14(16)17)11-7-4-3-5-8-11/h3-5,7-8,10,12,15H,2,6,9H2,1H3,(H,16,17). The van der Waals surface area contributed by atoms with Crippen molar-refractivity contribution in [3.63, 3.8) is 0 Å². The molecule has 3 heteroatoms. The third-order valence-electron chi connectivity index (χ3n) is 2.53. The lowest BCUT2D eigenvalue weighted by atomic mass is 10.0. The van der Waals surface area contributed by atoms with Crippen LogP contribution in [0.5, 0.6) is 0 Å². The highest BCUT2D eigenvalue weighted by molar-refractivity contribution is 6.15. The van der Waals surface area contributed by atoms with Crippen LogP contribution >= 0.6 is 0 Å². The summed E-state index contributed by atoms with van der Waals surface area (Å²) in [5.74, 6) is -0.958. The summed E-state index contributed by atoms with van der Waals surface area (Å²) in [6.45, 7) is 1.99. The fraction of sp³-hybridized carbons (Fsp3) is 0.357. The minimum atomic E-state index is -0.958. The minimum Gasteiger partial charge on any atom is -0.478 e. The topological polar surface area (TPSA) is 57.5 Å². The lowest BCUT2D eigenvalue weighted by Crippen LogP contribution is -2.06. The number of aliphatic hydroxyl groups is 1. The van der Waals surface area contributed by atoms with Gasteiger partial charge in [0.1, 0.15) is 0 Å². The fourth-order valence-electron chi connectivity index (χ4n) is 1.65. The highest BCUT2D eigenvalue weighted by Crippen LogP contribution is 2.16. The van der Waals surface area contributed by atoms with Gasteiger partial charge >= 0.3 is 5.97 Å². The van der Waals surface area contributed by atoms with Crippen LogP contribution in [0.3, 0.4) is 0 Å². The zero-order valence-corrected chi connectivity index (χ0v) is 9.97. The molecule has 0 aromatic heterocycles. The van der Waals surface area contributed by atoms with Gasteiger partial charge in [-0.05, 0) is 18.4 Å². The van der Waals surface area contributed by atoms with Crippen LogP contribution in [0.2, 0.25) is 0 Å². The zero-order valence-electron chi connectivity index (χ0n) is 9.97. The van der Waals surface area contributed by atoms with E-state index in [1.165, 1.54) is 0 Å². The van der Waals surface area contributed by atoms with Crippen molar-refractivity contribution in [2.75, 3.05) is 0 Å². The summed E-state index contributed by atoms with van der Waals surface area (Å²) in [7, 11) is 0. The number of carbonyl (C=O) groups is 1. The molecule has 0 saturated carbocycles. The second-order valence-corrected chi connectivity index (χ2v) is 3.97. The first-order valence-electron chi connectivity index (χ1n) is 5.82. The first kappa shape index (κ1) is 13.5. The van der Waals surface area contributed by atoms with E-state index in [2.05, 4.69) is 0 Å². The lowest BCUT2D eigenvalue weighted by Gasteiger charge is -2.07. The maximum atomic E-state index is 11.1. The molecular weight excluding hydrogens is 216 g/mol. The molecule has 1 rings (SSSR count). The summed E-state index contributed by atoms with van der Waals surface area (Å²) in [6, 6.07) is 8.95. The maximum absolute atomic E-state index is 11.1. The Balaban J connectivity index is 2.80. The Hall–Kier alpha value is -1.61. The summed E-state index contributed by atoms with van der Waals surface area (Å²) in [4.78, 5) is 11.1. The summed E-state index contributed by atoms with van der Waals surface area (Å²) in [6.07, 6.45) is 3.10. The van der Waals surface area contributed by atoms with E-state index in [0.717, 1.165) is 6.42 Å². The van der Waals surface area contributed by atoms with Crippen LogP contribution in [-0.2, 0) is 4.79 Å². The number of aliphatic carboxylic acids is 1. The van der Waals surface area contributed by atoms with Crippen molar-refractivity contribution >= 4 is 11.5 Å². The molecule has 0 aliphatic heterocycles. The molecule has 0 heterocycles. The molecule has 0 aliphatic rings. The van der Waals surface area contributed by atoms with E-state index < -0.39 is 12.1 Å². The van der Waals surface area contributed by atoms with Crippen molar-refractivity contribution in [3.05, 3.63) is 42.0 Å². The number of hydrogen-bond acceptors (Lipinski definition) is 2. The van der Waals surface area contributed by atoms with Gasteiger partial charge in [0.25, 0.3) is 0 Å². The van der Waals surface area contributed by atoms with E-state index in [4.69, 9.17) is 5.11 Å². The summed E-state index contributed by atoms with van der Waals surface area (Å²) < 4.78 is 0. The zero-order chi connectivity index (χ0) is 12.7. The Bertz CT molecular complexity index is 382. The Morgan fingerprint density at radius 1 is 1.35 bits per heavy atom. The Kier molecular flexibility index (Phi) is 5.43. The molecule has 2 N–H and O–H groups in total.